The fourth-order valence-electron chi connectivity index (χ4n) is 3.08. The summed E-state index contributed by atoms with van der Waals surface area (Å²) in [6.07, 6.45) is 0.784. The molecule has 0 spiro atoms. The summed E-state index contributed by atoms with van der Waals surface area (Å²) < 4.78 is 11.6. The molecule has 0 radical (unpaired) electrons. The van der Waals surface area contributed by atoms with Crippen LogP contribution in [0.4, 0.5) is 0 Å². The summed E-state index contributed by atoms with van der Waals surface area (Å²) in [5, 5.41) is 0.933. The Kier molecular flexibility index (Phi) is 6.26. The molecule has 2 heterocycles. The number of methoxy groups -OCH3 is 1. The van der Waals surface area contributed by atoms with Crippen molar-refractivity contribution in [3.8, 4) is 17.4 Å². The Morgan fingerprint density at radius 3 is 2.54 bits per heavy atom. The molecular weight excluding hydrogens is 374 g/mol. The van der Waals surface area contributed by atoms with Gasteiger partial charge < -0.3 is 14.4 Å². The summed E-state index contributed by atoms with van der Waals surface area (Å²) in [5.41, 5.74) is 1.66. The van der Waals surface area contributed by atoms with Gasteiger partial charge in [-0.25, -0.2) is 4.98 Å². The molecule has 0 aliphatic rings. The predicted molar refractivity (Wildman–Crippen MR) is 111 cm³/mol. The molecule has 3 rings (SSSR count). The number of aromatic nitrogens is 2. The minimum Gasteiger partial charge on any atom is -0.493 e. The molecule has 0 aliphatic heterocycles. The maximum atomic E-state index is 11.1. The molecule has 1 N–H and O–H groups in total. The van der Waals surface area contributed by atoms with Crippen molar-refractivity contribution < 1.29 is 19.2 Å². The molecule has 0 aliphatic carbocycles. The third kappa shape index (κ3) is 4.00. The van der Waals surface area contributed by atoms with E-state index in [4.69, 9.17) is 19.4 Å². The molecule has 0 atom stereocenters. The number of hydrogen-bond acceptors (Lipinski definition) is 6. The molecule has 0 bridgehead atoms. The van der Waals surface area contributed by atoms with E-state index < -0.39 is 0 Å². The summed E-state index contributed by atoms with van der Waals surface area (Å²) in [7, 11) is 1.56. The van der Waals surface area contributed by atoms with Crippen molar-refractivity contribution in [3.63, 3.8) is 0 Å². The topological polar surface area (TPSA) is 65.8 Å². The van der Waals surface area contributed by atoms with Gasteiger partial charge in [0.25, 0.3) is 0 Å². The molecule has 0 fully saturated rings. The van der Waals surface area contributed by atoms with Crippen LogP contribution in [0.25, 0.3) is 10.2 Å². The third-order valence-electron chi connectivity index (χ3n) is 4.98. The van der Waals surface area contributed by atoms with Gasteiger partial charge in [-0.3, -0.25) is 4.79 Å². The summed E-state index contributed by atoms with van der Waals surface area (Å²) in [6.45, 7) is 11.2. The Balaban J connectivity index is 2.09. The van der Waals surface area contributed by atoms with Crippen molar-refractivity contribution in [2.75, 3.05) is 20.2 Å². The zero-order valence-corrected chi connectivity index (χ0v) is 17.8. The number of quaternary nitrogens is 1. The lowest BCUT2D eigenvalue weighted by molar-refractivity contribution is -0.910. The van der Waals surface area contributed by atoms with E-state index in [1.54, 1.807) is 36.6 Å². The number of fused-ring (bicyclic) bond motifs is 1. The Morgan fingerprint density at radius 1 is 1.14 bits per heavy atom. The van der Waals surface area contributed by atoms with Crippen molar-refractivity contribution in [2.24, 2.45) is 0 Å². The average Bonchev–Trinajstić information content (AvgIpc) is 3.00. The fourth-order valence-corrected chi connectivity index (χ4v) is 4.12. The first-order chi connectivity index (χ1) is 13.5. The van der Waals surface area contributed by atoms with Crippen LogP contribution in [0.15, 0.2) is 18.2 Å². The van der Waals surface area contributed by atoms with Gasteiger partial charge in [-0.05, 0) is 51.5 Å². The van der Waals surface area contributed by atoms with Crippen LogP contribution in [-0.4, -0.2) is 36.5 Å². The highest BCUT2D eigenvalue weighted by atomic mass is 32.1. The highest BCUT2D eigenvalue weighted by Gasteiger charge is 2.19. The highest BCUT2D eigenvalue weighted by Crippen LogP contribution is 2.38. The quantitative estimate of drug-likeness (QED) is 0.588. The summed E-state index contributed by atoms with van der Waals surface area (Å²) in [6, 6.07) is 5.10. The van der Waals surface area contributed by atoms with Crippen molar-refractivity contribution in [2.45, 2.75) is 34.2 Å². The van der Waals surface area contributed by atoms with Crippen LogP contribution in [0.2, 0.25) is 0 Å². The molecular formula is C21H26N3O3S+. The summed E-state index contributed by atoms with van der Waals surface area (Å²) in [4.78, 5) is 24.1. The SMILES string of the molecule is CC[NH+](CC)Cc1nc(Oc2ccc(C=O)cc2OC)c2c(C)c(C)sc2n1. The van der Waals surface area contributed by atoms with E-state index in [-0.39, 0.29) is 0 Å². The zero-order chi connectivity index (χ0) is 20.3. The van der Waals surface area contributed by atoms with Crippen molar-refractivity contribution in [1.29, 1.82) is 0 Å². The molecule has 0 saturated heterocycles. The molecule has 0 unspecified atom stereocenters. The van der Waals surface area contributed by atoms with E-state index in [2.05, 4.69) is 27.7 Å². The second-order valence-electron chi connectivity index (χ2n) is 6.67. The smallest absolute Gasteiger partial charge is 0.232 e. The van der Waals surface area contributed by atoms with Gasteiger partial charge >= 0.3 is 0 Å². The van der Waals surface area contributed by atoms with Gasteiger partial charge in [0.2, 0.25) is 5.88 Å². The van der Waals surface area contributed by atoms with Crippen molar-refractivity contribution in [1.82, 2.24) is 9.97 Å². The van der Waals surface area contributed by atoms with Gasteiger partial charge in [-0.2, -0.15) is 4.98 Å². The van der Waals surface area contributed by atoms with Crippen LogP contribution in [-0.2, 0) is 6.54 Å². The second-order valence-corrected chi connectivity index (χ2v) is 7.88. The minimum absolute atomic E-state index is 0.497. The van der Waals surface area contributed by atoms with Crippen molar-refractivity contribution in [3.05, 3.63) is 40.0 Å². The number of carbonyl (C=O) groups excluding carboxylic acids is 1. The zero-order valence-electron chi connectivity index (χ0n) is 17.0. The van der Waals surface area contributed by atoms with Gasteiger partial charge in [-0.1, -0.05) is 0 Å². The lowest BCUT2D eigenvalue weighted by atomic mass is 10.2. The van der Waals surface area contributed by atoms with E-state index in [9.17, 15) is 4.79 Å². The molecule has 3 aromatic rings. The number of ether oxygens (including phenoxy) is 2. The number of rotatable bonds is 8. The van der Waals surface area contributed by atoms with Gasteiger partial charge in [0.05, 0.1) is 25.6 Å². The Bertz CT molecular complexity index is 996. The summed E-state index contributed by atoms with van der Waals surface area (Å²) >= 11 is 1.66. The number of aryl methyl sites for hydroxylation is 2. The molecule has 148 valence electrons. The second kappa shape index (κ2) is 8.67. The first-order valence-electron chi connectivity index (χ1n) is 9.41. The minimum atomic E-state index is 0.497. The van der Waals surface area contributed by atoms with E-state index in [1.165, 1.54) is 9.78 Å². The first kappa shape index (κ1) is 20.2. The number of carbonyl (C=O) groups is 1. The predicted octanol–water partition coefficient (Wildman–Crippen LogP) is 3.35. The van der Waals surface area contributed by atoms with Gasteiger partial charge in [-0.15, -0.1) is 11.3 Å². The van der Waals surface area contributed by atoms with Gasteiger partial charge in [0.1, 0.15) is 17.7 Å². The molecule has 0 saturated carbocycles. The number of thiophene rings is 1. The van der Waals surface area contributed by atoms with Crippen LogP contribution in [0.3, 0.4) is 0 Å². The molecule has 2 aromatic heterocycles. The summed E-state index contributed by atoms with van der Waals surface area (Å²) in [5.74, 6) is 2.32. The standard InChI is InChI=1S/C21H25N3O3S/c1-6-24(7-2)11-18-22-20(19-13(3)14(4)28-21(19)23-18)27-16-9-8-15(12-25)10-17(16)26-5/h8-10,12H,6-7,11H2,1-5H3/p+1. The third-order valence-corrected chi connectivity index (χ3v) is 6.08. The monoisotopic (exact) mass is 400 g/mol. The normalized spacial score (nSPS) is 11.2. The highest BCUT2D eigenvalue weighted by molar-refractivity contribution is 7.18. The number of aldehydes is 1. The lowest BCUT2D eigenvalue weighted by Crippen LogP contribution is -3.10. The molecule has 7 heteroatoms. The van der Waals surface area contributed by atoms with Gasteiger partial charge in [0, 0.05) is 10.4 Å². The first-order valence-corrected chi connectivity index (χ1v) is 10.2. The molecule has 0 amide bonds. The van der Waals surface area contributed by atoms with Crippen LogP contribution in [0.1, 0.15) is 40.5 Å². The van der Waals surface area contributed by atoms with Crippen LogP contribution in [0.5, 0.6) is 17.4 Å². The number of benzene rings is 1. The molecule has 6 nitrogen and oxygen atoms in total. The van der Waals surface area contributed by atoms with E-state index in [0.29, 0.717) is 22.9 Å². The molecule has 1 aromatic carbocycles. The number of hydrogen-bond donors (Lipinski definition) is 1. The average molecular weight is 401 g/mol. The Morgan fingerprint density at radius 2 is 1.89 bits per heavy atom. The van der Waals surface area contributed by atoms with E-state index >= 15 is 0 Å². The van der Waals surface area contributed by atoms with Crippen molar-refractivity contribution >= 4 is 27.8 Å². The van der Waals surface area contributed by atoms with E-state index in [1.807, 2.05) is 0 Å². The van der Waals surface area contributed by atoms with Crippen LogP contribution in [0, 0.1) is 13.8 Å². The van der Waals surface area contributed by atoms with Gasteiger partial charge in [0.15, 0.2) is 17.3 Å². The Hall–Kier alpha value is -2.51. The Labute approximate surface area is 169 Å². The van der Waals surface area contributed by atoms with E-state index in [0.717, 1.165) is 47.5 Å². The maximum Gasteiger partial charge on any atom is 0.232 e. The fraction of sp³-hybridized carbons (Fsp3) is 0.381. The van der Waals surface area contributed by atoms with Crippen LogP contribution < -0.4 is 14.4 Å². The van der Waals surface area contributed by atoms with Crippen LogP contribution >= 0.6 is 11.3 Å². The number of nitrogens with zero attached hydrogens (tertiary/aromatic N) is 2. The number of nitrogens with one attached hydrogen (secondary N) is 1. The largest absolute Gasteiger partial charge is 0.493 e. The maximum absolute atomic E-state index is 11.1. The lowest BCUT2D eigenvalue weighted by Gasteiger charge is -2.15. The molecule has 28 heavy (non-hydrogen) atoms.